The first-order valence-electron chi connectivity index (χ1n) is 6.15. The Morgan fingerprint density at radius 1 is 1.45 bits per heavy atom. The number of piperidine rings is 1. The number of nitro groups is 1. The van der Waals surface area contributed by atoms with E-state index in [0.717, 1.165) is 0 Å². The van der Waals surface area contributed by atoms with Gasteiger partial charge in [0, 0.05) is 48.1 Å². The van der Waals surface area contributed by atoms with Gasteiger partial charge in [-0.15, -0.1) is 0 Å². The fourth-order valence-corrected chi connectivity index (χ4v) is 2.41. The van der Waals surface area contributed by atoms with Gasteiger partial charge in [-0.2, -0.15) is 0 Å². The number of non-ortho nitro benzene ring substituents is 1. The Labute approximate surface area is 120 Å². The second kappa shape index (κ2) is 5.58. The minimum Gasteiger partial charge on any atom is -0.337 e. The number of benzene rings is 1. The van der Waals surface area contributed by atoms with E-state index in [2.05, 4.69) is 0 Å². The Balaban J connectivity index is 2.25. The quantitative estimate of drug-likeness (QED) is 0.619. The number of amides is 1. The number of likely N-dealkylation sites (tertiary alicyclic amines) is 1. The van der Waals surface area contributed by atoms with E-state index in [4.69, 9.17) is 11.6 Å². The zero-order valence-electron chi connectivity index (χ0n) is 10.8. The highest BCUT2D eigenvalue weighted by molar-refractivity contribution is 6.31. The van der Waals surface area contributed by atoms with Crippen LogP contribution in [0.25, 0.3) is 0 Å². The van der Waals surface area contributed by atoms with Crippen LogP contribution in [0, 0.1) is 16.0 Å². The molecule has 1 atom stereocenters. The molecule has 2 rings (SSSR count). The third kappa shape index (κ3) is 2.96. The van der Waals surface area contributed by atoms with E-state index >= 15 is 0 Å². The third-order valence-corrected chi connectivity index (χ3v) is 3.52. The molecule has 20 heavy (non-hydrogen) atoms. The van der Waals surface area contributed by atoms with Crippen molar-refractivity contribution in [2.45, 2.75) is 13.3 Å². The summed E-state index contributed by atoms with van der Waals surface area (Å²) in [4.78, 5) is 35.5. The standard InChI is InChI=1S/C13H13ClN2O4/c1-8-7-15(3-2-12(8)17)13(18)9-4-10(14)6-11(5-9)16(19)20/h4-6,8H,2-3,7H2,1H3. The molecule has 1 aromatic rings. The highest BCUT2D eigenvalue weighted by Crippen LogP contribution is 2.23. The minimum absolute atomic E-state index is 0.131. The molecular formula is C13H13ClN2O4. The van der Waals surface area contributed by atoms with Gasteiger partial charge in [0.2, 0.25) is 0 Å². The fraction of sp³-hybridized carbons (Fsp3) is 0.385. The van der Waals surface area contributed by atoms with E-state index < -0.39 is 4.92 Å². The summed E-state index contributed by atoms with van der Waals surface area (Å²) in [7, 11) is 0. The van der Waals surface area contributed by atoms with Crippen LogP contribution in [-0.2, 0) is 4.79 Å². The predicted octanol–water partition coefficient (Wildman–Crippen LogP) is 2.30. The lowest BCUT2D eigenvalue weighted by Crippen LogP contribution is -2.43. The maximum atomic E-state index is 12.3. The Kier molecular flexibility index (Phi) is 4.04. The van der Waals surface area contributed by atoms with Crippen LogP contribution in [0.2, 0.25) is 5.02 Å². The molecule has 0 aromatic heterocycles. The number of hydrogen-bond donors (Lipinski definition) is 0. The molecule has 0 saturated carbocycles. The molecule has 0 N–H and O–H groups in total. The average Bonchev–Trinajstić information content (AvgIpc) is 2.40. The Bertz CT molecular complexity index is 588. The van der Waals surface area contributed by atoms with Crippen molar-refractivity contribution in [3.63, 3.8) is 0 Å². The number of hydrogen-bond acceptors (Lipinski definition) is 4. The van der Waals surface area contributed by atoms with E-state index in [1.54, 1.807) is 6.92 Å². The zero-order chi connectivity index (χ0) is 14.9. The summed E-state index contributed by atoms with van der Waals surface area (Å²) in [6, 6.07) is 3.80. The topological polar surface area (TPSA) is 80.5 Å². The van der Waals surface area contributed by atoms with E-state index in [0.29, 0.717) is 19.5 Å². The molecule has 1 fully saturated rings. The summed E-state index contributed by atoms with van der Waals surface area (Å²) in [6.07, 6.45) is 0.315. The van der Waals surface area contributed by atoms with Crippen molar-refractivity contribution in [3.05, 3.63) is 38.9 Å². The molecule has 0 spiro atoms. The van der Waals surface area contributed by atoms with Crippen LogP contribution >= 0.6 is 11.6 Å². The highest BCUT2D eigenvalue weighted by atomic mass is 35.5. The van der Waals surface area contributed by atoms with Gasteiger partial charge in [0.25, 0.3) is 11.6 Å². The van der Waals surface area contributed by atoms with Crippen LogP contribution in [0.1, 0.15) is 23.7 Å². The molecule has 1 aliphatic heterocycles. The largest absolute Gasteiger partial charge is 0.337 e. The van der Waals surface area contributed by atoms with Gasteiger partial charge in [0.15, 0.2) is 0 Å². The molecule has 1 heterocycles. The zero-order valence-corrected chi connectivity index (χ0v) is 11.6. The Morgan fingerprint density at radius 3 is 2.75 bits per heavy atom. The van der Waals surface area contributed by atoms with Crippen LogP contribution in [0.15, 0.2) is 18.2 Å². The smallest absolute Gasteiger partial charge is 0.271 e. The first-order valence-corrected chi connectivity index (χ1v) is 6.53. The summed E-state index contributed by atoms with van der Waals surface area (Å²) in [6.45, 7) is 2.43. The molecular weight excluding hydrogens is 284 g/mol. The number of halogens is 1. The minimum atomic E-state index is -0.592. The molecule has 6 nitrogen and oxygen atoms in total. The number of nitrogens with zero attached hydrogens (tertiary/aromatic N) is 2. The summed E-state index contributed by atoms with van der Waals surface area (Å²) < 4.78 is 0. The first-order chi connectivity index (χ1) is 9.38. The Morgan fingerprint density at radius 2 is 2.15 bits per heavy atom. The van der Waals surface area contributed by atoms with Crippen molar-refractivity contribution in [2.24, 2.45) is 5.92 Å². The van der Waals surface area contributed by atoms with Gasteiger partial charge in [0.1, 0.15) is 5.78 Å². The number of rotatable bonds is 2. The van der Waals surface area contributed by atoms with E-state index in [1.165, 1.54) is 23.1 Å². The number of carbonyl (C=O) groups is 2. The van der Waals surface area contributed by atoms with Gasteiger partial charge < -0.3 is 4.90 Å². The lowest BCUT2D eigenvalue weighted by atomic mass is 9.98. The molecule has 7 heteroatoms. The molecule has 0 radical (unpaired) electrons. The first kappa shape index (κ1) is 14.5. The van der Waals surface area contributed by atoms with Gasteiger partial charge in [-0.3, -0.25) is 19.7 Å². The number of Topliss-reactive ketones (excluding diaryl/α,β-unsaturated/α-hetero) is 1. The van der Waals surface area contributed by atoms with Crippen LogP contribution in [0.4, 0.5) is 5.69 Å². The molecule has 1 unspecified atom stereocenters. The lowest BCUT2D eigenvalue weighted by Gasteiger charge is -2.30. The maximum absolute atomic E-state index is 12.3. The second-order valence-corrected chi connectivity index (χ2v) is 5.26. The van der Waals surface area contributed by atoms with Crippen molar-refractivity contribution < 1.29 is 14.5 Å². The molecule has 0 bridgehead atoms. The molecule has 1 aliphatic rings. The van der Waals surface area contributed by atoms with Crippen LogP contribution in [0.3, 0.4) is 0 Å². The van der Waals surface area contributed by atoms with Gasteiger partial charge >= 0.3 is 0 Å². The average molecular weight is 297 g/mol. The van der Waals surface area contributed by atoms with Crippen LogP contribution < -0.4 is 0 Å². The number of ketones is 1. The lowest BCUT2D eigenvalue weighted by molar-refractivity contribution is -0.384. The summed E-state index contributed by atoms with van der Waals surface area (Å²) in [5.74, 6) is -0.414. The third-order valence-electron chi connectivity index (χ3n) is 3.30. The van der Waals surface area contributed by atoms with Crippen molar-refractivity contribution in [1.29, 1.82) is 0 Å². The molecule has 1 saturated heterocycles. The van der Waals surface area contributed by atoms with Gasteiger partial charge in [-0.25, -0.2) is 0 Å². The SMILES string of the molecule is CC1CN(C(=O)c2cc(Cl)cc([N+](=O)[O-])c2)CCC1=O. The Hall–Kier alpha value is -1.95. The van der Waals surface area contributed by atoms with E-state index in [9.17, 15) is 19.7 Å². The van der Waals surface area contributed by atoms with E-state index in [-0.39, 0.29) is 33.9 Å². The number of carbonyl (C=O) groups excluding carboxylic acids is 2. The van der Waals surface area contributed by atoms with Crippen LogP contribution in [0.5, 0.6) is 0 Å². The second-order valence-electron chi connectivity index (χ2n) is 4.82. The molecule has 1 amide bonds. The highest BCUT2D eigenvalue weighted by Gasteiger charge is 2.28. The molecule has 0 aliphatic carbocycles. The number of nitro benzene ring substituents is 1. The van der Waals surface area contributed by atoms with Gasteiger partial charge in [-0.1, -0.05) is 18.5 Å². The molecule has 1 aromatic carbocycles. The van der Waals surface area contributed by atoms with Crippen molar-refractivity contribution in [1.82, 2.24) is 4.90 Å². The van der Waals surface area contributed by atoms with Gasteiger partial charge in [0.05, 0.1) is 4.92 Å². The van der Waals surface area contributed by atoms with Crippen molar-refractivity contribution in [2.75, 3.05) is 13.1 Å². The summed E-state index contributed by atoms with van der Waals surface area (Å²) >= 11 is 5.80. The van der Waals surface area contributed by atoms with Crippen molar-refractivity contribution in [3.8, 4) is 0 Å². The molecule has 106 valence electrons. The fourth-order valence-electron chi connectivity index (χ4n) is 2.19. The maximum Gasteiger partial charge on any atom is 0.271 e. The van der Waals surface area contributed by atoms with Crippen molar-refractivity contribution >= 4 is 29.0 Å². The predicted molar refractivity (Wildman–Crippen MR) is 72.8 cm³/mol. The van der Waals surface area contributed by atoms with E-state index in [1.807, 2.05) is 0 Å². The van der Waals surface area contributed by atoms with Gasteiger partial charge in [-0.05, 0) is 6.07 Å². The summed E-state index contributed by atoms with van der Waals surface area (Å²) in [5.41, 5.74) is -0.0484. The normalized spacial score (nSPS) is 19.0. The van der Waals surface area contributed by atoms with Crippen LogP contribution in [-0.4, -0.2) is 34.6 Å². The monoisotopic (exact) mass is 296 g/mol. The summed E-state index contributed by atoms with van der Waals surface area (Å²) in [5, 5.41) is 10.9.